The molecule has 0 saturated heterocycles. The van der Waals surface area contributed by atoms with Crippen LogP contribution in [0.15, 0.2) is 36.7 Å². The van der Waals surface area contributed by atoms with Crippen LogP contribution >= 0.6 is 0 Å². The Kier molecular flexibility index (Phi) is 4.95. The topological polar surface area (TPSA) is 59.0 Å². The van der Waals surface area contributed by atoms with E-state index in [1.807, 2.05) is 23.0 Å². The Bertz CT molecular complexity index is 723. The zero-order chi connectivity index (χ0) is 18.0. The standard InChI is InChI=1S/C20H28N4O/c1-14(21-11-15-12-22-24(13-15)20(2,3)4)16-7-9-18(10-8-16)23-19(25)17-5-6-17/h7-10,12-14,17,21H,5-6,11H2,1-4H3,(H,23,25)/t14-/m1/s1. The molecular formula is C20H28N4O. The van der Waals surface area contributed by atoms with Crippen molar-refractivity contribution in [3.8, 4) is 0 Å². The molecule has 25 heavy (non-hydrogen) atoms. The van der Waals surface area contributed by atoms with Crippen LogP contribution in [-0.2, 0) is 16.9 Å². The van der Waals surface area contributed by atoms with Crippen LogP contribution in [-0.4, -0.2) is 15.7 Å². The molecule has 0 bridgehead atoms. The van der Waals surface area contributed by atoms with E-state index in [1.165, 1.54) is 11.1 Å². The van der Waals surface area contributed by atoms with Gasteiger partial charge in [-0.3, -0.25) is 9.48 Å². The van der Waals surface area contributed by atoms with Crippen molar-refractivity contribution in [1.82, 2.24) is 15.1 Å². The maximum absolute atomic E-state index is 11.8. The number of carbonyl (C=O) groups excluding carboxylic acids is 1. The average molecular weight is 340 g/mol. The zero-order valence-electron chi connectivity index (χ0n) is 15.5. The molecule has 2 N–H and O–H groups in total. The number of benzene rings is 1. The lowest BCUT2D eigenvalue weighted by atomic mass is 10.1. The molecule has 0 unspecified atom stereocenters. The number of carbonyl (C=O) groups is 1. The SMILES string of the molecule is C[C@@H](NCc1cnn(C(C)(C)C)c1)c1ccc(NC(=O)C2CC2)cc1. The summed E-state index contributed by atoms with van der Waals surface area (Å²) in [5, 5.41) is 10.9. The van der Waals surface area contributed by atoms with Gasteiger partial charge in [0.15, 0.2) is 0 Å². The van der Waals surface area contributed by atoms with Crippen LogP contribution in [0.2, 0.25) is 0 Å². The largest absolute Gasteiger partial charge is 0.326 e. The predicted octanol–water partition coefficient (Wildman–Crippen LogP) is 3.84. The van der Waals surface area contributed by atoms with Crippen molar-refractivity contribution in [1.29, 1.82) is 0 Å². The Morgan fingerprint density at radius 3 is 2.52 bits per heavy atom. The van der Waals surface area contributed by atoms with Crippen LogP contribution in [0, 0.1) is 5.92 Å². The molecule has 0 aliphatic heterocycles. The minimum Gasteiger partial charge on any atom is -0.326 e. The average Bonchev–Trinajstić information content (AvgIpc) is 3.30. The van der Waals surface area contributed by atoms with Gasteiger partial charge < -0.3 is 10.6 Å². The highest BCUT2D eigenvalue weighted by atomic mass is 16.2. The van der Waals surface area contributed by atoms with E-state index in [4.69, 9.17) is 0 Å². The lowest BCUT2D eigenvalue weighted by Gasteiger charge is -2.19. The number of amides is 1. The van der Waals surface area contributed by atoms with E-state index in [0.717, 1.165) is 25.1 Å². The van der Waals surface area contributed by atoms with Gasteiger partial charge in [-0.25, -0.2) is 0 Å². The minimum absolute atomic E-state index is 0.00456. The first kappa shape index (κ1) is 17.7. The van der Waals surface area contributed by atoms with Gasteiger partial charge in [-0.15, -0.1) is 0 Å². The van der Waals surface area contributed by atoms with Gasteiger partial charge in [0.1, 0.15) is 0 Å². The number of nitrogens with one attached hydrogen (secondary N) is 2. The summed E-state index contributed by atoms with van der Waals surface area (Å²) >= 11 is 0. The molecule has 0 spiro atoms. The van der Waals surface area contributed by atoms with Crippen LogP contribution < -0.4 is 10.6 Å². The number of hydrogen-bond donors (Lipinski definition) is 2. The number of nitrogens with zero attached hydrogens (tertiary/aromatic N) is 2. The Labute approximate surface area is 149 Å². The number of anilines is 1. The minimum atomic E-state index is 0.00456. The van der Waals surface area contributed by atoms with Gasteiger partial charge in [0.2, 0.25) is 5.91 Å². The van der Waals surface area contributed by atoms with E-state index >= 15 is 0 Å². The van der Waals surface area contributed by atoms with Gasteiger partial charge in [-0.05, 0) is 58.2 Å². The van der Waals surface area contributed by atoms with Crippen LogP contribution in [0.1, 0.15) is 57.7 Å². The molecule has 1 saturated carbocycles. The van der Waals surface area contributed by atoms with E-state index < -0.39 is 0 Å². The molecule has 5 heteroatoms. The summed E-state index contributed by atoms with van der Waals surface area (Å²) in [6, 6.07) is 8.32. The third-order valence-corrected chi connectivity index (χ3v) is 4.56. The molecule has 2 aromatic rings. The van der Waals surface area contributed by atoms with Gasteiger partial charge in [0, 0.05) is 36.0 Å². The first-order valence-electron chi connectivity index (χ1n) is 9.01. The fraction of sp³-hybridized carbons (Fsp3) is 0.500. The highest BCUT2D eigenvalue weighted by molar-refractivity contribution is 5.93. The van der Waals surface area contributed by atoms with Gasteiger partial charge in [-0.1, -0.05) is 12.1 Å². The molecule has 1 heterocycles. The Balaban J connectivity index is 1.53. The molecule has 1 atom stereocenters. The van der Waals surface area contributed by atoms with Crippen molar-refractivity contribution in [2.75, 3.05) is 5.32 Å². The fourth-order valence-corrected chi connectivity index (χ4v) is 2.65. The van der Waals surface area contributed by atoms with Gasteiger partial charge >= 0.3 is 0 Å². The molecule has 1 fully saturated rings. The first-order chi connectivity index (χ1) is 11.8. The zero-order valence-corrected chi connectivity index (χ0v) is 15.5. The summed E-state index contributed by atoms with van der Waals surface area (Å²) in [6.45, 7) is 9.35. The lowest BCUT2D eigenvalue weighted by molar-refractivity contribution is -0.117. The molecule has 1 amide bonds. The number of hydrogen-bond acceptors (Lipinski definition) is 3. The highest BCUT2D eigenvalue weighted by Crippen LogP contribution is 2.30. The summed E-state index contributed by atoms with van der Waals surface area (Å²) in [5.41, 5.74) is 3.26. The van der Waals surface area contributed by atoms with Crippen molar-refractivity contribution in [3.05, 3.63) is 47.8 Å². The van der Waals surface area contributed by atoms with E-state index in [-0.39, 0.29) is 23.4 Å². The second-order valence-corrected chi connectivity index (χ2v) is 7.95. The monoisotopic (exact) mass is 340 g/mol. The summed E-state index contributed by atoms with van der Waals surface area (Å²) in [5.74, 6) is 0.379. The summed E-state index contributed by atoms with van der Waals surface area (Å²) < 4.78 is 1.99. The maximum atomic E-state index is 11.8. The van der Waals surface area contributed by atoms with E-state index in [0.29, 0.717) is 0 Å². The van der Waals surface area contributed by atoms with E-state index in [2.05, 4.69) is 61.8 Å². The fourth-order valence-electron chi connectivity index (χ4n) is 2.65. The molecular weight excluding hydrogens is 312 g/mol. The van der Waals surface area contributed by atoms with Crippen molar-refractivity contribution in [3.63, 3.8) is 0 Å². The van der Waals surface area contributed by atoms with Gasteiger partial charge in [0.25, 0.3) is 0 Å². The number of aromatic nitrogens is 2. The van der Waals surface area contributed by atoms with Crippen LogP contribution in [0.3, 0.4) is 0 Å². The number of rotatable bonds is 6. The summed E-state index contributed by atoms with van der Waals surface area (Å²) in [4.78, 5) is 11.8. The smallest absolute Gasteiger partial charge is 0.227 e. The second kappa shape index (κ2) is 7.00. The molecule has 0 radical (unpaired) electrons. The summed E-state index contributed by atoms with van der Waals surface area (Å²) in [7, 11) is 0. The molecule has 1 aliphatic rings. The second-order valence-electron chi connectivity index (χ2n) is 7.95. The predicted molar refractivity (Wildman–Crippen MR) is 100 cm³/mol. The van der Waals surface area contributed by atoms with Crippen molar-refractivity contribution < 1.29 is 4.79 Å². The quantitative estimate of drug-likeness (QED) is 0.840. The molecule has 1 aromatic heterocycles. The molecule has 134 valence electrons. The van der Waals surface area contributed by atoms with Crippen molar-refractivity contribution in [2.24, 2.45) is 5.92 Å². The molecule has 3 rings (SSSR count). The van der Waals surface area contributed by atoms with Crippen LogP contribution in [0.25, 0.3) is 0 Å². The Morgan fingerprint density at radius 1 is 1.28 bits per heavy atom. The van der Waals surface area contributed by atoms with E-state index in [9.17, 15) is 4.79 Å². The summed E-state index contributed by atoms with van der Waals surface area (Å²) in [6.07, 6.45) is 6.06. The van der Waals surface area contributed by atoms with Crippen molar-refractivity contribution >= 4 is 11.6 Å². The highest BCUT2D eigenvalue weighted by Gasteiger charge is 2.29. The van der Waals surface area contributed by atoms with Crippen LogP contribution in [0.4, 0.5) is 5.69 Å². The normalized spacial score (nSPS) is 15.8. The molecule has 5 nitrogen and oxygen atoms in total. The van der Waals surface area contributed by atoms with E-state index in [1.54, 1.807) is 0 Å². The third kappa shape index (κ3) is 4.69. The lowest BCUT2D eigenvalue weighted by Crippen LogP contribution is -2.22. The molecule has 1 aliphatic carbocycles. The maximum Gasteiger partial charge on any atom is 0.227 e. The first-order valence-corrected chi connectivity index (χ1v) is 9.01. The van der Waals surface area contributed by atoms with Gasteiger partial charge in [-0.2, -0.15) is 5.10 Å². The molecule has 1 aromatic carbocycles. The van der Waals surface area contributed by atoms with Gasteiger partial charge in [0.05, 0.1) is 11.7 Å². The van der Waals surface area contributed by atoms with Crippen LogP contribution in [0.5, 0.6) is 0 Å². The third-order valence-electron chi connectivity index (χ3n) is 4.56. The van der Waals surface area contributed by atoms with Crippen molar-refractivity contribution in [2.45, 2.75) is 58.7 Å². The Hall–Kier alpha value is -2.14. The Morgan fingerprint density at radius 2 is 1.96 bits per heavy atom.